The van der Waals surface area contributed by atoms with Crippen LogP contribution in [0.1, 0.15) is 19.4 Å². The van der Waals surface area contributed by atoms with Crippen LogP contribution in [-0.4, -0.2) is 13.1 Å². The third-order valence-corrected chi connectivity index (χ3v) is 2.74. The Morgan fingerprint density at radius 3 is 2.73 bits per heavy atom. The number of nitrogens with one attached hydrogen (secondary N) is 1. The van der Waals surface area contributed by atoms with Crippen LogP contribution in [0, 0.1) is 5.82 Å². The molecule has 82 valence electrons. The highest BCUT2D eigenvalue weighted by Gasteiger charge is 2.02. The molecule has 0 aliphatic heterocycles. The van der Waals surface area contributed by atoms with Crippen molar-refractivity contribution >= 4 is 17.7 Å². The van der Waals surface area contributed by atoms with Crippen LogP contribution in [0.25, 0.3) is 6.08 Å². The minimum absolute atomic E-state index is 0.161. The Morgan fingerprint density at radius 1 is 1.53 bits per heavy atom. The summed E-state index contributed by atoms with van der Waals surface area (Å²) in [6, 6.07) is 5.02. The predicted octanol–water partition coefficient (Wildman–Crippen LogP) is 3.49. The van der Waals surface area contributed by atoms with Gasteiger partial charge in [-0.15, -0.1) is 0 Å². The summed E-state index contributed by atoms with van der Waals surface area (Å²) in [6.07, 6.45) is 1.99. The van der Waals surface area contributed by atoms with Crippen molar-refractivity contribution in [3.05, 3.63) is 40.2 Å². The average molecular weight is 228 g/mol. The highest BCUT2D eigenvalue weighted by Crippen LogP contribution is 2.18. The van der Waals surface area contributed by atoms with E-state index in [1.165, 1.54) is 11.6 Å². The van der Waals surface area contributed by atoms with Crippen LogP contribution in [0.15, 0.2) is 23.8 Å². The molecule has 0 heterocycles. The molecule has 0 fully saturated rings. The number of halogens is 2. The molecule has 0 aliphatic rings. The molecule has 1 aromatic rings. The second-order valence-corrected chi connectivity index (χ2v) is 3.98. The molecule has 1 nitrogen and oxygen atoms in total. The van der Waals surface area contributed by atoms with Gasteiger partial charge < -0.3 is 5.32 Å². The highest BCUT2D eigenvalue weighted by molar-refractivity contribution is 6.30. The van der Waals surface area contributed by atoms with Crippen LogP contribution in [0.4, 0.5) is 4.39 Å². The van der Waals surface area contributed by atoms with Crippen molar-refractivity contribution in [2.75, 3.05) is 7.05 Å². The van der Waals surface area contributed by atoms with Gasteiger partial charge in [-0.1, -0.05) is 29.3 Å². The number of hydrogen-bond donors (Lipinski definition) is 1. The summed E-state index contributed by atoms with van der Waals surface area (Å²) in [4.78, 5) is 0. The lowest BCUT2D eigenvalue weighted by atomic mass is 10.1. The lowest BCUT2D eigenvalue weighted by Gasteiger charge is -2.10. The fraction of sp³-hybridized carbons (Fsp3) is 0.333. The van der Waals surface area contributed by atoms with Crippen molar-refractivity contribution in [1.82, 2.24) is 5.32 Å². The zero-order valence-corrected chi connectivity index (χ0v) is 9.90. The molecule has 0 saturated carbocycles. The van der Waals surface area contributed by atoms with Crippen LogP contribution >= 0.6 is 11.6 Å². The van der Waals surface area contributed by atoms with Gasteiger partial charge in [0.1, 0.15) is 5.82 Å². The van der Waals surface area contributed by atoms with E-state index in [-0.39, 0.29) is 10.8 Å². The summed E-state index contributed by atoms with van der Waals surface area (Å²) >= 11 is 5.69. The van der Waals surface area contributed by atoms with Crippen molar-refractivity contribution in [1.29, 1.82) is 0 Å². The van der Waals surface area contributed by atoms with Gasteiger partial charge in [-0.2, -0.15) is 0 Å². The van der Waals surface area contributed by atoms with Crippen molar-refractivity contribution in [3.8, 4) is 0 Å². The molecular formula is C12H15ClFN. The maximum absolute atomic E-state index is 12.9. The van der Waals surface area contributed by atoms with Gasteiger partial charge in [0.05, 0.1) is 5.02 Å². The lowest BCUT2D eigenvalue weighted by molar-refractivity contribution is 0.628. The van der Waals surface area contributed by atoms with Crippen molar-refractivity contribution in [2.45, 2.75) is 19.9 Å². The van der Waals surface area contributed by atoms with Crippen LogP contribution in [-0.2, 0) is 0 Å². The fourth-order valence-electron chi connectivity index (χ4n) is 1.22. The lowest BCUT2D eigenvalue weighted by Crippen LogP contribution is -2.21. The monoisotopic (exact) mass is 227 g/mol. The van der Waals surface area contributed by atoms with Crippen molar-refractivity contribution in [3.63, 3.8) is 0 Å². The molecule has 1 aromatic carbocycles. The Morgan fingerprint density at radius 2 is 2.20 bits per heavy atom. The highest BCUT2D eigenvalue weighted by atomic mass is 35.5. The van der Waals surface area contributed by atoms with Gasteiger partial charge in [0, 0.05) is 6.04 Å². The quantitative estimate of drug-likeness (QED) is 0.834. The van der Waals surface area contributed by atoms with Gasteiger partial charge in [0.15, 0.2) is 0 Å². The van der Waals surface area contributed by atoms with E-state index >= 15 is 0 Å². The van der Waals surface area contributed by atoms with Crippen LogP contribution in [0.5, 0.6) is 0 Å². The van der Waals surface area contributed by atoms with Crippen LogP contribution in [0.2, 0.25) is 5.02 Å². The summed E-state index contributed by atoms with van der Waals surface area (Å²) in [6.45, 7) is 4.09. The van der Waals surface area contributed by atoms with Gasteiger partial charge in [-0.05, 0) is 38.6 Å². The van der Waals surface area contributed by atoms with Gasteiger partial charge >= 0.3 is 0 Å². The molecule has 0 aliphatic carbocycles. The first kappa shape index (κ1) is 12.2. The SMILES string of the molecule is CNC(C)/C(C)=C/c1ccc(F)c(Cl)c1. The molecule has 0 radical (unpaired) electrons. The molecule has 0 bridgehead atoms. The Bertz CT molecular complexity index is 374. The number of rotatable bonds is 3. The molecule has 0 spiro atoms. The molecule has 1 atom stereocenters. The summed E-state index contributed by atoms with van der Waals surface area (Å²) in [5.41, 5.74) is 2.10. The molecule has 3 heteroatoms. The van der Waals surface area contributed by atoms with E-state index in [1.54, 1.807) is 12.1 Å². The van der Waals surface area contributed by atoms with Crippen molar-refractivity contribution in [2.24, 2.45) is 0 Å². The first-order valence-corrected chi connectivity index (χ1v) is 5.23. The molecule has 15 heavy (non-hydrogen) atoms. The summed E-state index contributed by atoms with van der Waals surface area (Å²) < 4.78 is 12.9. The Labute approximate surface area is 95.0 Å². The smallest absolute Gasteiger partial charge is 0.141 e. The van der Waals surface area contributed by atoms with E-state index in [2.05, 4.69) is 12.2 Å². The van der Waals surface area contributed by atoms with E-state index in [0.717, 1.165) is 5.56 Å². The van der Waals surface area contributed by atoms with Crippen molar-refractivity contribution < 1.29 is 4.39 Å². The van der Waals surface area contributed by atoms with E-state index in [9.17, 15) is 4.39 Å². The average Bonchev–Trinajstić information content (AvgIpc) is 2.22. The van der Waals surface area contributed by atoms with E-state index in [4.69, 9.17) is 11.6 Å². The van der Waals surface area contributed by atoms with Gasteiger partial charge in [-0.25, -0.2) is 4.39 Å². The first-order valence-electron chi connectivity index (χ1n) is 4.85. The predicted molar refractivity (Wildman–Crippen MR) is 63.6 cm³/mol. The largest absolute Gasteiger partial charge is 0.314 e. The summed E-state index contributed by atoms with van der Waals surface area (Å²) in [5, 5.41) is 3.30. The summed E-state index contributed by atoms with van der Waals surface area (Å²) in [5.74, 6) is -0.381. The fourth-order valence-corrected chi connectivity index (χ4v) is 1.41. The number of likely N-dealkylation sites (N-methyl/N-ethyl adjacent to an activating group) is 1. The molecular weight excluding hydrogens is 213 g/mol. The third-order valence-electron chi connectivity index (χ3n) is 2.45. The normalized spacial score (nSPS) is 14.1. The zero-order chi connectivity index (χ0) is 11.4. The maximum Gasteiger partial charge on any atom is 0.141 e. The van der Waals surface area contributed by atoms with Gasteiger partial charge in [-0.3, -0.25) is 0 Å². The van der Waals surface area contributed by atoms with E-state index < -0.39 is 0 Å². The number of benzene rings is 1. The zero-order valence-electron chi connectivity index (χ0n) is 9.14. The topological polar surface area (TPSA) is 12.0 Å². The molecule has 1 N–H and O–H groups in total. The minimum atomic E-state index is -0.381. The standard InChI is InChI=1S/C12H15ClFN/c1-8(9(2)15-3)6-10-4-5-12(14)11(13)7-10/h4-7,9,15H,1-3H3/b8-6+. The molecule has 1 rings (SSSR count). The third kappa shape index (κ3) is 3.33. The molecule has 0 amide bonds. The first-order chi connectivity index (χ1) is 7.04. The Kier molecular flexibility index (Phi) is 4.30. The summed E-state index contributed by atoms with van der Waals surface area (Å²) in [7, 11) is 1.90. The number of hydrogen-bond acceptors (Lipinski definition) is 1. The van der Waals surface area contributed by atoms with E-state index in [0.29, 0.717) is 6.04 Å². The van der Waals surface area contributed by atoms with Crippen LogP contribution in [0.3, 0.4) is 0 Å². The molecule has 0 saturated heterocycles. The Hall–Kier alpha value is -0.860. The van der Waals surface area contributed by atoms with E-state index in [1.807, 2.05) is 20.0 Å². The second kappa shape index (κ2) is 5.29. The molecule has 0 aromatic heterocycles. The second-order valence-electron chi connectivity index (χ2n) is 3.57. The van der Waals surface area contributed by atoms with Crippen LogP contribution < -0.4 is 5.32 Å². The van der Waals surface area contributed by atoms with Gasteiger partial charge in [0.2, 0.25) is 0 Å². The Balaban J connectivity index is 2.93. The van der Waals surface area contributed by atoms with Gasteiger partial charge in [0.25, 0.3) is 0 Å². The molecule has 1 unspecified atom stereocenters. The maximum atomic E-state index is 12.9. The minimum Gasteiger partial charge on any atom is -0.314 e.